The van der Waals surface area contributed by atoms with Crippen molar-refractivity contribution in [2.75, 3.05) is 9.80 Å². The minimum absolute atomic E-state index is 0.139. The van der Waals surface area contributed by atoms with E-state index in [1.165, 1.54) is 54.3 Å². The fourth-order valence-electron chi connectivity index (χ4n) is 19.5. The van der Waals surface area contributed by atoms with Gasteiger partial charge in [-0.15, -0.1) is 0 Å². The highest BCUT2D eigenvalue weighted by atomic mass is 16.2. The fourth-order valence-corrected chi connectivity index (χ4v) is 19.5. The van der Waals surface area contributed by atoms with E-state index in [1.807, 2.05) is 52.0 Å². The number of benzene rings is 12. The van der Waals surface area contributed by atoms with Crippen LogP contribution in [0, 0.1) is 27.7 Å². The van der Waals surface area contributed by atoms with E-state index in [4.69, 9.17) is 0 Å². The molecule has 0 N–H and O–H groups in total. The van der Waals surface area contributed by atoms with E-state index in [0.717, 1.165) is 143 Å². The quantitative estimate of drug-likeness (QED) is 0.149. The predicted molar refractivity (Wildman–Crippen MR) is 513 cm³/mol. The molecule has 0 spiro atoms. The summed E-state index contributed by atoms with van der Waals surface area (Å²) in [7, 11) is 0. The third-order valence-corrected chi connectivity index (χ3v) is 26.7. The minimum atomic E-state index is -0.399. The Kier molecular flexibility index (Phi) is 17.8. The summed E-state index contributed by atoms with van der Waals surface area (Å²) in [5.74, 6) is -1.59. The summed E-state index contributed by atoms with van der Waals surface area (Å²) < 4.78 is 9.33. The van der Waals surface area contributed by atoms with Gasteiger partial charge in [0.25, 0.3) is 23.6 Å². The topological polar surface area (TPSA) is 94.5 Å². The SMILES string of the molecule is Cc1cc(-c2cc(C)c(N3C(=O)c4cc(-n5c6ccc(C(C)(C)C)cc6c6cc(C(C)(C)C)ccc65)c(-n5c6ccc(C(C)(C)C)cc6c6cc(C(C)(C)C)ccc65)cc4C3=O)c(C)c2)cc(C)c1N1C(=O)c2cc(-n3c4ccc(C(C)(C)C)cc4c4cc(C(C)(C)C)ccc43)c(-n3c4ccc(C(C)(C)C)cc4c4cc(C(C)(C)C)ccc43)cc2C1=O. The number of amides is 4. The number of aromatic nitrogens is 4. The summed E-state index contributed by atoms with van der Waals surface area (Å²) in [5, 5.41) is 8.89. The van der Waals surface area contributed by atoms with Crippen LogP contribution in [0.25, 0.3) is 121 Å². The number of nitrogens with zero attached hydrogens (tertiary/aromatic N) is 6. The van der Waals surface area contributed by atoms with Crippen molar-refractivity contribution in [2.24, 2.45) is 0 Å². The first-order chi connectivity index (χ1) is 56.9. The van der Waals surface area contributed by atoms with Crippen molar-refractivity contribution in [3.8, 4) is 33.9 Å². The first kappa shape index (κ1) is 81.1. The summed E-state index contributed by atoms with van der Waals surface area (Å²) in [4.78, 5) is 67.0. The van der Waals surface area contributed by atoms with E-state index >= 15 is 19.2 Å². The zero-order valence-corrected chi connectivity index (χ0v) is 76.8. The molecule has 0 aliphatic carbocycles. The maximum atomic E-state index is 16.1. The lowest BCUT2D eigenvalue weighted by Gasteiger charge is -2.22. The van der Waals surface area contributed by atoms with Crippen LogP contribution in [0.1, 0.15) is 274 Å². The third-order valence-electron chi connectivity index (χ3n) is 26.7. The molecular formula is C112H116N6O4. The van der Waals surface area contributed by atoms with Crippen molar-refractivity contribution in [1.29, 1.82) is 0 Å². The molecule has 0 bridgehead atoms. The first-order valence-electron chi connectivity index (χ1n) is 43.6. The highest BCUT2D eigenvalue weighted by Crippen LogP contribution is 2.50. The summed E-state index contributed by atoms with van der Waals surface area (Å²) in [6.45, 7) is 62.1. The van der Waals surface area contributed by atoms with Crippen LogP contribution >= 0.6 is 0 Å². The Balaban J connectivity index is 0.772. The number of anilines is 2. The van der Waals surface area contributed by atoms with Crippen LogP contribution in [-0.4, -0.2) is 41.9 Å². The Bertz CT molecular complexity index is 6190. The van der Waals surface area contributed by atoms with E-state index < -0.39 is 23.6 Å². The number of carbonyl (C=O) groups is 4. The van der Waals surface area contributed by atoms with Crippen molar-refractivity contribution >= 4 is 122 Å². The van der Waals surface area contributed by atoms with Crippen LogP contribution in [-0.2, 0) is 43.3 Å². The first-order valence-corrected chi connectivity index (χ1v) is 43.6. The van der Waals surface area contributed by atoms with Gasteiger partial charge in [0.1, 0.15) is 0 Å². The van der Waals surface area contributed by atoms with Crippen LogP contribution in [0.4, 0.5) is 11.4 Å². The Hall–Kier alpha value is -11.9. The molecule has 6 heterocycles. The molecule has 0 atom stereocenters. The molecule has 122 heavy (non-hydrogen) atoms. The van der Waals surface area contributed by atoms with Gasteiger partial charge in [-0.2, -0.15) is 0 Å². The Morgan fingerprint density at radius 2 is 0.328 bits per heavy atom. The number of carbonyl (C=O) groups excluding carboxylic acids is 4. The van der Waals surface area contributed by atoms with Gasteiger partial charge in [0, 0.05) is 43.1 Å². The number of hydrogen-bond donors (Lipinski definition) is 0. The molecule has 2 aliphatic rings. The summed E-state index contributed by atoms with van der Waals surface area (Å²) in [6, 6.07) is 70.9. The zero-order valence-electron chi connectivity index (χ0n) is 76.8. The molecule has 10 heteroatoms. The van der Waals surface area contributed by atoms with E-state index in [9.17, 15) is 0 Å². The maximum absolute atomic E-state index is 16.1. The summed E-state index contributed by atoms with van der Waals surface area (Å²) in [6.07, 6.45) is 0. The van der Waals surface area contributed by atoms with Crippen molar-refractivity contribution in [2.45, 2.75) is 237 Å². The molecular weight excluding hydrogens is 1490 g/mol. The Morgan fingerprint density at radius 3 is 0.459 bits per heavy atom. The smallest absolute Gasteiger partial charge is 0.266 e. The zero-order chi connectivity index (χ0) is 87.5. The van der Waals surface area contributed by atoms with Crippen LogP contribution in [0.2, 0.25) is 0 Å². The summed E-state index contributed by atoms with van der Waals surface area (Å²) in [5.41, 5.74) is 26.7. The van der Waals surface area contributed by atoms with Gasteiger partial charge in [-0.1, -0.05) is 215 Å². The standard InChI is InChI=1S/C112H116N6O4/c1-61-45-65(46-62(2)99(61)117-101(119)83-57-95(113-87-37-29-67(105(5,6)7)49-75(87)76-50-68(106(8,9)10)30-38-88(76)113)96(58-84(83)102(117)120)114-89-39-31-69(107(11,12)13)51-77(89)78-52-70(108(14,15)16)32-40-90(78)114)66-47-63(3)100(64(4)48-66)118-103(121)85-59-97(115-91-41-33-71(109(17,18)19)53-79(91)80-54-72(110(20,21)22)34-42-92(80)115)98(60-86(85)104(118)122)116-93-43-35-73(111(23,24)25)55-81(93)82-56-74(112(26,27)28)36-44-94(82)116/h29-60H,1-28H3. The average Bonchev–Trinajstić information content (AvgIpc) is 1.55. The van der Waals surface area contributed by atoms with Gasteiger partial charge in [-0.05, 0) is 294 Å². The monoisotopic (exact) mass is 1610 g/mol. The molecule has 4 amide bonds. The number of imide groups is 2. The van der Waals surface area contributed by atoms with Crippen LogP contribution in [0.15, 0.2) is 194 Å². The van der Waals surface area contributed by atoms with Crippen molar-refractivity contribution < 1.29 is 19.2 Å². The van der Waals surface area contributed by atoms with Crippen LogP contribution in [0.5, 0.6) is 0 Å². The normalized spacial score (nSPS) is 14.3. The molecule has 12 aromatic carbocycles. The highest BCUT2D eigenvalue weighted by molar-refractivity contribution is 6.37. The largest absolute Gasteiger partial charge is 0.307 e. The molecule has 0 radical (unpaired) electrons. The Labute approximate surface area is 719 Å². The minimum Gasteiger partial charge on any atom is -0.307 e. The molecule has 0 saturated carbocycles. The Morgan fingerprint density at radius 1 is 0.189 bits per heavy atom. The second-order valence-electron chi connectivity index (χ2n) is 43.8. The maximum Gasteiger partial charge on any atom is 0.266 e. The van der Waals surface area contributed by atoms with Crippen molar-refractivity contribution in [3.63, 3.8) is 0 Å². The molecule has 10 nitrogen and oxygen atoms in total. The number of hydrogen-bond acceptors (Lipinski definition) is 4. The van der Waals surface area contributed by atoms with Crippen molar-refractivity contribution in [1.82, 2.24) is 18.3 Å². The fraction of sp³-hybridized carbons (Fsp3) is 0.321. The molecule has 2 aliphatic heterocycles. The molecule has 0 unspecified atom stereocenters. The van der Waals surface area contributed by atoms with E-state index in [2.05, 4.69) is 354 Å². The average molecular weight is 1610 g/mol. The molecule has 4 aromatic heterocycles. The van der Waals surface area contributed by atoms with E-state index in [1.54, 1.807) is 0 Å². The molecule has 16 aromatic rings. The van der Waals surface area contributed by atoms with E-state index in [0.29, 0.717) is 33.6 Å². The van der Waals surface area contributed by atoms with Gasteiger partial charge in [0.05, 0.1) is 101 Å². The van der Waals surface area contributed by atoms with Gasteiger partial charge in [-0.25, -0.2) is 9.80 Å². The second kappa shape index (κ2) is 26.8. The van der Waals surface area contributed by atoms with Gasteiger partial charge in [0.2, 0.25) is 0 Å². The lowest BCUT2D eigenvalue weighted by molar-refractivity contribution is 0.0910. The van der Waals surface area contributed by atoms with Crippen LogP contribution < -0.4 is 9.80 Å². The number of fused-ring (bicyclic) bond motifs is 14. The van der Waals surface area contributed by atoms with Crippen molar-refractivity contribution in [3.05, 3.63) is 283 Å². The molecule has 0 fully saturated rings. The molecule has 18 rings (SSSR count). The number of aryl methyl sites for hydroxylation is 4. The van der Waals surface area contributed by atoms with E-state index in [-0.39, 0.29) is 43.3 Å². The highest BCUT2D eigenvalue weighted by Gasteiger charge is 2.43. The lowest BCUT2D eigenvalue weighted by Crippen LogP contribution is -2.31. The van der Waals surface area contributed by atoms with Crippen LogP contribution in [0.3, 0.4) is 0 Å². The second-order valence-corrected chi connectivity index (χ2v) is 43.8. The van der Waals surface area contributed by atoms with Gasteiger partial charge >= 0.3 is 0 Å². The third kappa shape index (κ3) is 12.7. The molecule has 0 saturated heterocycles. The van der Waals surface area contributed by atoms with Gasteiger partial charge in [0.15, 0.2) is 0 Å². The van der Waals surface area contributed by atoms with Gasteiger partial charge in [-0.3, -0.25) is 19.2 Å². The predicted octanol–water partition coefficient (Wildman–Crippen LogP) is 29.0. The molecule has 618 valence electrons. The lowest BCUT2D eigenvalue weighted by atomic mass is 9.85. The van der Waals surface area contributed by atoms with Gasteiger partial charge < -0.3 is 18.3 Å². The number of rotatable bonds is 7. The summed E-state index contributed by atoms with van der Waals surface area (Å²) >= 11 is 0.